The topological polar surface area (TPSA) is 73.8 Å². The van der Waals surface area contributed by atoms with Crippen LogP contribution in [0.1, 0.15) is 39.5 Å². The van der Waals surface area contributed by atoms with Crippen LogP contribution in [0.2, 0.25) is 5.02 Å². The summed E-state index contributed by atoms with van der Waals surface area (Å²) in [6, 6.07) is 7.24. The van der Waals surface area contributed by atoms with E-state index in [1.54, 1.807) is 6.07 Å². The third kappa shape index (κ3) is 5.65. The van der Waals surface area contributed by atoms with Gasteiger partial charge >= 0.3 is 0 Å². The van der Waals surface area contributed by atoms with Crippen molar-refractivity contribution in [1.82, 2.24) is 19.8 Å². The van der Waals surface area contributed by atoms with Crippen LogP contribution in [0.3, 0.4) is 0 Å². The maximum absolute atomic E-state index is 14.7. The van der Waals surface area contributed by atoms with E-state index >= 15 is 0 Å². The largest absolute Gasteiger partial charge is 0.494 e. The zero-order chi connectivity index (χ0) is 28.6. The number of rotatable bonds is 7. The number of hydrogen-bond donors (Lipinski definition) is 1. The minimum Gasteiger partial charge on any atom is -0.494 e. The van der Waals surface area contributed by atoms with Gasteiger partial charge in [-0.2, -0.15) is 4.98 Å². The first-order valence-corrected chi connectivity index (χ1v) is 14.1. The van der Waals surface area contributed by atoms with E-state index in [9.17, 15) is 13.6 Å². The lowest BCUT2D eigenvalue weighted by molar-refractivity contribution is -0.140. The Morgan fingerprint density at radius 3 is 2.48 bits per heavy atom. The number of carbonyl (C=O) groups excluding carboxylic acids is 1. The van der Waals surface area contributed by atoms with Crippen molar-refractivity contribution in [3.05, 3.63) is 47.0 Å². The molecule has 5 rings (SSSR count). The fourth-order valence-corrected chi connectivity index (χ4v) is 5.98. The summed E-state index contributed by atoms with van der Waals surface area (Å²) in [6.45, 7) is 6.38. The number of likely N-dealkylation sites (tertiary alicyclic amines) is 1. The van der Waals surface area contributed by atoms with E-state index in [-0.39, 0.29) is 46.3 Å². The van der Waals surface area contributed by atoms with Crippen molar-refractivity contribution < 1.29 is 18.3 Å². The average molecular weight is 573 g/mol. The van der Waals surface area contributed by atoms with E-state index in [4.69, 9.17) is 26.3 Å². The molecule has 3 aromatic rings. The summed E-state index contributed by atoms with van der Waals surface area (Å²) < 4.78 is 34.5. The molecular formula is C29H35ClF2N6O2. The number of nitrogens with zero attached hydrogens (tertiary/aromatic N) is 5. The lowest BCUT2D eigenvalue weighted by Gasteiger charge is -2.42. The van der Waals surface area contributed by atoms with Gasteiger partial charge in [0.15, 0.2) is 11.6 Å². The summed E-state index contributed by atoms with van der Waals surface area (Å²) >= 11 is 5.92. The minimum atomic E-state index is -0.571. The summed E-state index contributed by atoms with van der Waals surface area (Å²) in [5.74, 6) is -0.147. The van der Waals surface area contributed by atoms with Gasteiger partial charge in [0.2, 0.25) is 11.9 Å². The van der Waals surface area contributed by atoms with Gasteiger partial charge in [0.1, 0.15) is 11.6 Å². The number of likely N-dealkylation sites (N-methyl/N-ethyl adjacent to an activating group) is 1. The molecule has 0 radical (unpaired) electrons. The number of methoxy groups -OCH3 is 1. The molecule has 1 unspecified atom stereocenters. The molecule has 2 aromatic carbocycles. The number of benzene rings is 2. The highest BCUT2D eigenvalue weighted by Gasteiger charge is 2.37. The zero-order valence-electron chi connectivity index (χ0n) is 23.3. The Bertz CT molecular complexity index is 1400. The Hall–Kier alpha value is -3.24. The molecule has 0 aliphatic carbocycles. The molecular weight excluding hydrogens is 538 g/mol. The highest BCUT2D eigenvalue weighted by Crippen LogP contribution is 2.33. The Balaban J connectivity index is 1.42. The summed E-state index contributed by atoms with van der Waals surface area (Å²) in [7, 11) is 3.42. The summed E-state index contributed by atoms with van der Waals surface area (Å²) in [6.07, 6.45) is 3.48. The quantitative estimate of drug-likeness (QED) is 0.394. The number of carbonyl (C=O) groups is 1. The molecule has 2 aliphatic heterocycles. The molecule has 8 nitrogen and oxygen atoms in total. The van der Waals surface area contributed by atoms with Crippen LogP contribution in [0.15, 0.2) is 30.3 Å². The molecule has 214 valence electrons. The highest BCUT2D eigenvalue weighted by molar-refractivity contribution is 6.30. The van der Waals surface area contributed by atoms with Crippen LogP contribution < -0.4 is 15.0 Å². The van der Waals surface area contributed by atoms with Crippen LogP contribution in [-0.4, -0.2) is 77.6 Å². The standard InChI is InChI=1S/C29H35ClF2N6O2/c1-17(2)38(28(39)25-6-5-11-36(25)3)19-9-12-37(13-10-19)29-34-24-16-26(40-4)22(32)15-20(24)27(35-29)33-23-8-7-18(30)14-21(23)31/h7-8,14-17,19,25H,5-6,9-13H2,1-4H3,(H,33,34,35). The minimum absolute atomic E-state index is 0.0541. The van der Waals surface area contributed by atoms with Crippen molar-refractivity contribution in [3.63, 3.8) is 0 Å². The van der Waals surface area contributed by atoms with Gasteiger partial charge in [0.25, 0.3) is 0 Å². The van der Waals surface area contributed by atoms with Crippen molar-refractivity contribution in [2.45, 2.75) is 57.7 Å². The predicted octanol–water partition coefficient (Wildman–Crippen LogP) is 5.61. The van der Waals surface area contributed by atoms with Crippen molar-refractivity contribution in [2.24, 2.45) is 0 Å². The van der Waals surface area contributed by atoms with Crippen molar-refractivity contribution in [3.8, 4) is 5.75 Å². The number of ether oxygens (including phenoxy) is 1. The first kappa shape index (κ1) is 28.3. The molecule has 1 atom stereocenters. The van der Waals surface area contributed by atoms with Gasteiger partial charge in [-0.3, -0.25) is 9.69 Å². The van der Waals surface area contributed by atoms with Crippen LogP contribution in [0.4, 0.5) is 26.2 Å². The van der Waals surface area contributed by atoms with Crippen molar-refractivity contribution in [1.29, 1.82) is 0 Å². The molecule has 40 heavy (non-hydrogen) atoms. The predicted molar refractivity (Wildman–Crippen MR) is 154 cm³/mol. The fourth-order valence-electron chi connectivity index (χ4n) is 5.82. The molecule has 2 fully saturated rings. The monoisotopic (exact) mass is 572 g/mol. The van der Waals surface area contributed by atoms with Crippen molar-refractivity contribution >= 4 is 45.9 Å². The normalized spacial score (nSPS) is 18.5. The van der Waals surface area contributed by atoms with Crippen LogP contribution in [0.25, 0.3) is 10.9 Å². The SMILES string of the molecule is COc1cc2nc(N3CCC(N(C(=O)C4CCCN4C)C(C)C)CC3)nc(Nc3ccc(Cl)cc3F)c2cc1F. The molecule has 11 heteroatoms. The number of hydrogen-bond acceptors (Lipinski definition) is 7. The molecule has 1 aromatic heterocycles. The Morgan fingerprint density at radius 2 is 1.85 bits per heavy atom. The summed E-state index contributed by atoms with van der Waals surface area (Å²) in [5, 5.41) is 3.66. The van der Waals surface area contributed by atoms with E-state index in [0.717, 1.165) is 32.2 Å². The Kier molecular flexibility index (Phi) is 8.28. The van der Waals surface area contributed by atoms with Gasteiger partial charge in [-0.25, -0.2) is 13.8 Å². The highest BCUT2D eigenvalue weighted by atomic mass is 35.5. The summed E-state index contributed by atoms with van der Waals surface area (Å²) in [5.41, 5.74) is 0.624. The van der Waals surface area contributed by atoms with Gasteiger partial charge in [-0.05, 0) is 77.4 Å². The third-order valence-electron chi connectivity index (χ3n) is 7.90. The molecule has 3 heterocycles. The summed E-state index contributed by atoms with van der Waals surface area (Å²) in [4.78, 5) is 29.2. The third-order valence-corrected chi connectivity index (χ3v) is 8.13. The molecule has 0 bridgehead atoms. The van der Waals surface area contributed by atoms with E-state index in [0.29, 0.717) is 29.9 Å². The number of piperidine rings is 1. The smallest absolute Gasteiger partial charge is 0.240 e. The first-order valence-electron chi connectivity index (χ1n) is 13.7. The second-order valence-electron chi connectivity index (χ2n) is 10.8. The number of anilines is 3. The molecule has 1 amide bonds. The van der Waals surface area contributed by atoms with Crippen molar-refractivity contribution in [2.75, 3.05) is 44.0 Å². The maximum Gasteiger partial charge on any atom is 0.240 e. The lowest BCUT2D eigenvalue weighted by Crippen LogP contribution is -2.55. The molecule has 1 N–H and O–H groups in total. The lowest BCUT2D eigenvalue weighted by atomic mass is 10.00. The fraction of sp³-hybridized carbons (Fsp3) is 0.483. The molecule has 2 aliphatic rings. The number of amides is 1. The van der Waals surface area contributed by atoms with Gasteiger partial charge in [-0.1, -0.05) is 11.6 Å². The Morgan fingerprint density at radius 1 is 1.10 bits per heavy atom. The zero-order valence-corrected chi connectivity index (χ0v) is 24.0. The van der Waals surface area contributed by atoms with Gasteiger partial charge in [0, 0.05) is 41.6 Å². The van der Waals surface area contributed by atoms with Crippen LogP contribution in [0.5, 0.6) is 5.75 Å². The number of halogens is 3. The number of fused-ring (bicyclic) bond motifs is 1. The first-order chi connectivity index (χ1) is 19.2. The molecule has 0 saturated carbocycles. The molecule has 0 spiro atoms. The average Bonchev–Trinajstić information content (AvgIpc) is 3.36. The van der Waals surface area contributed by atoms with Crippen LogP contribution in [-0.2, 0) is 4.79 Å². The van der Waals surface area contributed by atoms with Gasteiger partial charge in [0.05, 0.1) is 24.4 Å². The molecule has 2 saturated heterocycles. The van der Waals surface area contributed by atoms with Crippen LogP contribution >= 0.6 is 11.6 Å². The van der Waals surface area contributed by atoms with Gasteiger partial charge < -0.3 is 19.9 Å². The maximum atomic E-state index is 14.7. The number of aromatic nitrogens is 2. The number of nitrogens with one attached hydrogen (secondary N) is 1. The van der Waals surface area contributed by atoms with E-state index in [1.165, 1.54) is 31.4 Å². The van der Waals surface area contributed by atoms with E-state index in [1.807, 2.05) is 7.05 Å². The van der Waals surface area contributed by atoms with Crippen LogP contribution in [0, 0.1) is 11.6 Å². The second-order valence-corrected chi connectivity index (χ2v) is 11.3. The second kappa shape index (κ2) is 11.7. The van der Waals surface area contributed by atoms with Gasteiger partial charge in [-0.15, -0.1) is 0 Å². The van der Waals surface area contributed by atoms with E-state index < -0.39 is 11.6 Å². The Labute approximate surface area is 238 Å². The van der Waals surface area contributed by atoms with E-state index in [2.05, 4.69) is 33.9 Å².